The Bertz CT molecular complexity index is 913. The lowest BCUT2D eigenvalue weighted by Gasteiger charge is -2.27. The number of aryl methyl sites for hydroxylation is 2. The summed E-state index contributed by atoms with van der Waals surface area (Å²) in [6.45, 7) is 12.9. The Morgan fingerprint density at radius 1 is 0.800 bits per heavy atom. The second kappa shape index (κ2) is 7.85. The highest BCUT2D eigenvalue weighted by atomic mass is 19.4. The van der Waals surface area contributed by atoms with Gasteiger partial charge in [-0.3, -0.25) is 4.79 Å². The first-order chi connectivity index (χ1) is 13.7. The van der Waals surface area contributed by atoms with Crippen molar-refractivity contribution in [1.82, 2.24) is 9.13 Å². The van der Waals surface area contributed by atoms with Gasteiger partial charge in [-0.05, 0) is 51.0 Å². The van der Waals surface area contributed by atoms with E-state index in [2.05, 4.69) is 13.2 Å². The molecule has 2 aromatic rings. The molecule has 0 bridgehead atoms. The van der Waals surface area contributed by atoms with Crippen molar-refractivity contribution < 1.29 is 31.1 Å². The Morgan fingerprint density at radius 3 is 1.33 bits per heavy atom. The van der Waals surface area contributed by atoms with Crippen LogP contribution in [0.5, 0.6) is 0 Å². The minimum Gasteiger partial charge on any atom is -0.324 e. The summed E-state index contributed by atoms with van der Waals surface area (Å²) in [4.78, 5) is 13.0. The molecule has 0 fully saturated rings. The van der Waals surface area contributed by atoms with E-state index in [1.807, 2.05) is 0 Å². The number of Topliss-reactive ketones (excluding diaryl/α,β-unsaturated/α-hetero) is 1. The third kappa shape index (κ3) is 3.97. The predicted octanol–water partition coefficient (Wildman–Crippen LogP) is 6.29. The van der Waals surface area contributed by atoms with Crippen LogP contribution in [0.15, 0.2) is 25.3 Å². The van der Waals surface area contributed by atoms with Crippen molar-refractivity contribution in [2.45, 2.75) is 51.9 Å². The van der Waals surface area contributed by atoms with Crippen molar-refractivity contribution in [1.29, 1.82) is 0 Å². The molecule has 9 heteroatoms. The summed E-state index contributed by atoms with van der Waals surface area (Å²) in [6.07, 6.45) is -8.39. The maximum Gasteiger partial charge on any atom is 0.404 e. The van der Waals surface area contributed by atoms with Crippen LogP contribution in [-0.2, 0) is 4.79 Å². The number of hydrogen-bond donors (Lipinski definition) is 0. The van der Waals surface area contributed by atoms with Crippen LogP contribution in [0.2, 0.25) is 0 Å². The Kier molecular flexibility index (Phi) is 6.16. The largest absolute Gasteiger partial charge is 0.404 e. The van der Waals surface area contributed by atoms with Gasteiger partial charge in [0, 0.05) is 35.2 Å². The zero-order valence-electron chi connectivity index (χ0n) is 16.9. The SMILES string of the molecule is C=Cn1c(C(C(=O)C(c2cc(C)c(C)n2C=C)C(F)(F)F)C(F)(F)F)cc(C)c1C. The van der Waals surface area contributed by atoms with Gasteiger partial charge in [-0.1, -0.05) is 13.2 Å². The van der Waals surface area contributed by atoms with Gasteiger partial charge >= 0.3 is 12.4 Å². The second-order valence-corrected chi connectivity index (χ2v) is 7.13. The fourth-order valence-corrected chi connectivity index (χ4v) is 3.60. The van der Waals surface area contributed by atoms with Crippen molar-refractivity contribution in [3.8, 4) is 0 Å². The normalized spacial score (nSPS) is 14.5. The van der Waals surface area contributed by atoms with Gasteiger partial charge in [0.25, 0.3) is 0 Å². The lowest BCUT2D eigenvalue weighted by atomic mass is 9.86. The molecule has 2 atom stereocenters. The molecule has 2 unspecified atom stereocenters. The van der Waals surface area contributed by atoms with Gasteiger partial charge in [0.2, 0.25) is 0 Å². The van der Waals surface area contributed by atoms with Crippen LogP contribution in [0.25, 0.3) is 12.4 Å². The molecule has 0 radical (unpaired) electrons. The van der Waals surface area contributed by atoms with Crippen LogP contribution < -0.4 is 0 Å². The standard InChI is InChI=1S/C21H22F6N2O/c1-7-28-13(5)11(3)9-15(28)17(20(22,23)24)19(30)18(21(25,26)27)16-10-12(4)14(6)29(16)8-2/h7-10,17-18H,1-2H2,3-6H3. The van der Waals surface area contributed by atoms with Crippen molar-refractivity contribution in [2.75, 3.05) is 0 Å². The van der Waals surface area contributed by atoms with Crippen molar-refractivity contribution in [3.63, 3.8) is 0 Å². The molecule has 0 N–H and O–H groups in total. The van der Waals surface area contributed by atoms with E-state index in [1.165, 1.54) is 27.7 Å². The first-order valence-electron chi connectivity index (χ1n) is 8.95. The average molecular weight is 432 g/mol. The lowest BCUT2D eigenvalue weighted by molar-refractivity contribution is -0.184. The van der Waals surface area contributed by atoms with Gasteiger partial charge in [-0.25, -0.2) is 0 Å². The zero-order chi connectivity index (χ0) is 23.2. The number of aromatic nitrogens is 2. The molecule has 2 heterocycles. The summed E-state index contributed by atoms with van der Waals surface area (Å²) >= 11 is 0. The Labute approximate surface area is 170 Å². The van der Waals surface area contributed by atoms with Gasteiger partial charge < -0.3 is 9.13 Å². The number of nitrogens with zero attached hydrogens (tertiary/aromatic N) is 2. The number of hydrogen-bond acceptors (Lipinski definition) is 1. The lowest BCUT2D eigenvalue weighted by Crippen LogP contribution is -2.39. The van der Waals surface area contributed by atoms with E-state index in [0.29, 0.717) is 22.5 Å². The number of carbonyl (C=O) groups excluding carboxylic acids is 1. The molecule has 0 aromatic carbocycles. The molecule has 2 rings (SSSR count). The molecule has 0 spiro atoms. The molecule has 3 nitrogen and oxygen atoms in total. The maximum absolute atomic E-state index is 14.0. The molecular weight excluding hydrogens is 410 g/mol. The molecule has 30 heavy (non-hydrogen) atoms. The van der Waals surface area contributed by atoms with Crippen molar-refractivity contribution in [2.24, 2.45) is 0 Å². The quantitative estimate of drug-likeness (QED) is 0.493. The molecule has 0 amide bonds. The zero-order valence-corrected chi connectivity index (χ0v) is 16.9. The molecular formula is C21H22F6N2O. The maximum atomic E-state index is 14.0. The Morgan fingerprint density at radius 2 is 1.10 bits per heavy atom. The highest BCUT2D eigenvalue weighted by Crippen LogP contribution is 2.46. The third-order valence-corrected chi connectivity index (χ3v) is 5.33. The smallest absolute Gasteiger partial charge is 0.324 e. The van der Waals surface area contributed by atoms with E-state index in [-0.39, 0.29) is 0 Å². The summed E-state index contributed by atoms with van der Waals surface area (Å²) < 4.78 is 85.9. The number of halogens is 6. The molecule has 0 aliphatic rings. The first kappa shape index (κ1) is 23.6. The third-order valence-electron chi connectivity index (χ3n) is 5.33. The summed E-state index contributed by atoms with van der Waals surface area (Å²) in [5.74, 6) is -7.97. The van der Waals surface area contributed by atoms with Gasteiger partial charge in [-0.2, -0.15) is 26.3 Å². The topological polar surface area (TPSA) is 26.9 Å². The molecule has 0 saturated carbocycles. The molecule has 0 aliphatic carbocycles. The van der Waals surface area contributed by atoms with Crippen LogP contribution in [0.3, 0.4) is 0 Å². The van der Waals surface area contributed by atoms with Crippen LogP contribution in [0, 0.1) is 27.7 Å². The van der Waals surface area contributed by atoms with Gasteiger partial charge in [0.1, 0.15) is 0 Å². The number of alkyl halides is 6. The fourth-order valence-electron chi connectivity index (χ4n) is 3.60. The van der Waals surface area contributed by atoms with E-state index in [9.17, 15) is 31.1 Å². The minimum absolute atomic E-state index is 0.353. The monoisotopic (exact) mass is 432 g/mol. The van der Waals surface area contributed by atoms with Crippen LogP contribution in [-0.4, -0.2) is 27.3 Å². The van der Waals surface area contributed by atoms with E-state index in [1.54, 1.807) is 0 Å². The Hall–Kier alpha value is -2.71. The molecule has 0 aliphatic heterocycles. The minimum atomic E-state index is -5.24. The Balaban J connectivity index is 2.80. The number of carbonyl (C=O) groups is 1. The molecule has 164 valence electrons. The number of rotatable bonds is 6. The van der Waals surface area contributed by atoms with Crippen LogP contribution in [0.4, 0.5) is 26.3 Å². The summed E-state index contributed by atoms with van der Waals surface area (Å²) in [5.41, 5.74) is 0.306. The van der Waals surface area contributed by atoms with Gasteiger partial charge in [-0.15, -0.1) is 0 Å². The highest BCUT2D eigenvalue weighted by molar-refractivity contribution is 5.93. The first-order valence-corrected chi connectivity index (χ1v) is 8.95. The fraction of sp³-hybridized carbons (Fsp3) is 0.381. The molecule has 0 saturated heterocycles. The summed E-state index contributed by atoms with van der Waals surface area (Å²) in [7, 11) is 0. The summed E-state index contributed by atoms with van der Waals surface area (Å²) in [5, 5.41) is 0. The second-order valence-electron chi connectivity index (χ2n) is 7.13. The van der Waals surface area contributed by atoms with Crippen molar-refractivity contribution >= 4 is 18.2 Å². The van der Waals surface area contributed by atoms with Gasteiger partial charge in [0.05, 0.1) is 0 Å². The molecule has 2 aromatic heterocycles. The predicted molar refractivity (Wildman–Crippen MR) is 103 cm³/mol. The van der Waals surface area contributed by atoms with Crippen molar-refractivity contribution in [3.05, 3.63) is 59.2 Å². The van der Waals surface area contributed by atoms with E-state index < -0.39 is 41.4 Å². The van der Waals surface area contributed by atoms with Crippen LogP contribution >= 0.6 is 0 Å². The van der Waals surface area contributed by atoms with E-state index in [0.717, 1.165) is 33.7 Å². The highest BCUT2D eigenvalue weighted by Gasteiger charge is 2.57. The van der Waals surface area contributed by atoms with Crippen LogP contribution in [0.1, 0.15) is 45.7 Å². The average Bonchev–Trinajstić information content (AvgIpc) is 3.01. The van der Waals surface area contributed by atoms with E-state index in [4.69, 9.17) is 0 Å². The number of ketones is 1. The van der Waals surface area contributed by atoms with Gasteiger partial charge in [0.15, 0.2) is 17.6 Å². The van der Waals surface area contributed by atoms with E-state index >= 15 is 0 Å². The summed E-state index contributed by atoms with van der Waals surface area (Å²) in [6, 6.07) is 2.15.